The summed E-state index contributed by atoms with van der Waals surface area (Å²) in [5, 5.41) is -1.17. The lowest BCUT2D eigenvalue weighted by molar-refractivity contribution is 0.0113. The van der Waals surface area contributed by atoms with Crippen molar-refractivity contribution in [3.8, 4) is 0 Å². The first-order valence-electron chi connectivity index (χ1n) is 2.71. The van der Waals surface area contributed by atoms with E-state index in [0.717, 1.165) is 0 Å². The molecule has 0 aromatic rings. The highest BCUT2D eigenvalue weighted by molar-refractivity contribution is 8.14. The van der Waals surface area contributed by atoms with E-state index in [1.165, 1.54) is 0 Å². The van der Waals surface area contributed by atoms with Crippen molar-refractivity contribution in [1.29, 1.82) is 0 Å². The maximum absolute atomic E-state index is 12.4. The molecule has 0 radical (unpaired) electrons. The first kappa shape index (κ1) is 8.23. The molecule has 1 saturated heterocycles. The molecule has 0 N–H and O–H groups in total. The smallest absolute Gasteiger partial charge is 0.240 e. The SMILES string of the molecule is O=S(=O)(Cl)C1CCOC1F. The number of hydrogen-bond donors (Lipinski definition) is 0. The Morgan fingerprint density at radius 3 is 2.40 bits per heavy atom. The van der Waals surface area contributed by atoms with Crippen LogP contribution in [0.3, 0.4) is 0 Å². The number of halogens is 2. The van der Waals surface area contributed by atoms with E-state index in [1.807, 2.05) is 0 Å². The topological polar surface area (TPSA) is 43.4 Å². The van der Waals surface area contributed by atoms with Crippen molar-refractivity contribution in [2.24, 2.45) is 0 Å². The minimum atomic E-state index is -3.78. The number of ether oxygens (including phenoxy) is 1. The fourth-order valence-electron chi connectivity index (χ4n) is 0.804. The van der Waals surface area contributed by atoms with E-state index in [-0.39, 0.29) is 13.0 Å². The van der Waals surface area contributed by atoms with Crippen molar-refractivity contribution in [1.82, 2.24) is 0 Å². The van der Waals surface area contributed by atoms with Gasteiger partial charge < -0.3 is 4.74 Å². The summed E-state index contributed by atoms with van der Waals surface area (Å²) in [6, 6.07) is 0. The lowest BCUT2D eigenvalue weighted by atomic mass is 10.4. The summed E-state index contributed by atoms with van der Waals surface area (Å²) in [5.41, 5.74) is 0. The quantitative estimate of drug-likeness (QED) is 0.568. The molecular formula is C4H6ClFO3S. The maximum atomic E-state index is 12.4. The summed E-state index contributed by atoms with van der Waals surface area (Å²) in [4.78, 5) is 0. The first-order chi connectivity index (χ1) is 4.52. The van der Waals surface area contributed by atoms with Gasteiger partial charge in [-0.25, -0.2) is 12.8 Å². The molecule has 1 fully saturated rings. The third-order valence-electron chi connectivity index (χ3n) is 1.33. The standard InChI is InChI=1S/C4H6ClFO3S/c5-10(7,8)3-1-2-9-4(3)6/h3-4H,1-2H2. The van der Waals surface area contributed by atoms with Crippen LogP contribution in [0.1, 0.15) is 6.42 Å². The molecule has 0 amide bonds. The molecule has 0 bridgehead atoms. The first-order valence-corrected chi connectivity index (χ1v) is 5.08. The van der Waals surface area contributed by atoms with Crippen LogP contribution in [-0.2, 0) is 13.8 Å². The predicted octanol–water partition coefficient (Wildman–Crippen LogP) is 0.640. The number of hydrogen-bond acceptors (Lipinski definition) is 3. The van der Waals surface area contributed by atoms with Crippen molar-refractivity contribution in [2.45, 2.75) is 18.0 Å². The van der Waals surface area contributed by atoms with E-state index < -0.39 is 20.7 Å². The Balaban J connectivity index is 2.74. The molecule has 2 atom stereocenters. The Morgan fingerprint density at radius 2 is 2.20 bits per heavy atom. The minimum Gasteiger partial charge on any atom is -0.347 e. The van der Waals surface area contributed by atoms with Crippen LogP contribution >= 0.6 is 10.7 Å². The molecule has 1 heterocycles. The van der Waals surface area contributed by atoms with E-state index in [9.17, 15) is 12.8 Å². The molecule has 2 unspecified atom stereocenters. The minimum absolute atomic E-state index is 0.123. The largest absolute Gasteiger partial charge is 0.347 e. The zero-order valence-electron chi connectivity index (χ0n) is 4.96. The van der Waals surface area contributed by atoms with Crippen LogP contribution in [0.5, 0.6) is 0 Å². The Labute approximate surface area is 62.5 Å². The van der Waals surface area contributed by atoms with Gasteiger partial charge in [-0.15, -0.1) is 0 Å². The van der Waals surface area contributed by atoms with Crippen LogP contribution in [0.2, 0.25) is 0 Å². The van der Waals surface area contributed by atoms with Gasteiger partial charge in [0, 0.05) is 10.7 Å². The lowest BCUT2D eigenvalue weighted by Gasteiger charge is -2.04. The van der Waals surface area contributed by atoms with Gasteiger partial charge in [-0.05, 0) is 6.42 Å². The molecule has 1 rings (SSSR count). The third kappa shape index (κ3) is 1.59. The summed E-state index contributed by atoms with van der Waals surface area (Å²) < 4.78 is 37.7. The zero-order valence-corrected chi connectivity index (χ0v) is 6.53. The van der Waals surface area contributed by atoms with Crippen molar-refractivity contribution >= 4 is 19.7 Å². The van der Waals surface area contributed by atoms with Gasteiger partial charge in [-0.1, -0.05) is 0 Å². The highest BCUT2D eigenvalue weighted by atomic mass is 35.7. The fourth-order valence-corrected chi connectivity index (χ4v) is 2.03. The van der Waals surface area contributed by atoms with Crippen LogP contribution < -0.4 is 0 Å². The van der Waals surface area contributed by atoms with Crippen LogP contribution in [0.15, 0.2) is 0 Å². The molecule has 0 saturated carbocycles. The Bertz CT molecular complexity index is 215. The average molecular weight is 189 g/mol. The fraction of sp³-hybridized carbons (Fsp3) is 1.00. The highest BCUT2D eigenvalue weighted by Gasteiger charge is 2.37. The number of alkyl halides is 1. The molecule has 0 aromatic carbocycles. The van der Waals surface area contributed by atoms with Crippen LogP contribution in [0.25, 0.3) is 0 Å². The van der Waals surface area contributed by atoms with Gasteiger partial charge in [0.05, 0.1) is 6.61 Å². The van der Waals surface area contributed by atoms with Crippen LogP contribution in [-0.4, -0.2) is 26.6 Å². The Hall–Kier alpha value is 0.130. The lowest BCUT2D eigenvalue weighted by Crippen LogP contribution is -2.22. The Kier molecular flexibility index (Phi) is 2.17. The summed E-state index contributed by atoms with van der Waals surface area (Å²) >= 11 is 0. The zero-order chi connectivity index (χ0) is 7.78. The molecule has 0 spiro atoms. The molecule has 0 aromatic heterocycles. The second-order valence-electron chi connectivity index (χ2n) is 2.02. The van der Waals surface area contributed by atoms with Gasteiger partial charge in [0.1, 0.15) is 5.25 Å². The van der Waals surface area contributed by atoms with E-state index >= 15 is 0 Å². The molecule has 1 aliphatic rings. The average Bonchev–Trinajstić information content (AvgIpc) is 2.11. The van der Waals surface area contributed by atoms with Gasteiger partial charge in [0.25, 0.3) is 0 Å². The molecular weight excluding hydrogens is 183 g/mol. The third-order valence-corrected chi connectivity index (χ3v) is 3.19. The summed E-state index contributed by atoms with van der Waals surface area (Å²) in [6.45, 7) is 0.123. The normalized spacial score (nSPS) is 34.6. The van der Waals surface area contributed by atoms with Crippen molar-refractivity contribution < 1.29 is 17.5 Å². The second-order valence-corrected chi connectivity index (χ2v) is 4.87. The Morgan fingerprint density at radius 1 is 1.60 bits per heavy atom. The van der Waals surface area contributed by atoms with Crippen molar-refractivity contribution in [2.75, 3.05) is 6.61 Å². The van der Waals surface area contributed by atoms with Gasteiger partial charge in [0.2, 0.25) is 15.4 Å². The van der Waals surface area contributed by atoms with E-state index in [0.29, 0.717) is 0 Å². The van der Waals surface area contributed by atoms with E-state index in [4.69, 9.17) is 10.7 Å². The molecule has 3 nitrogen and oxygen atoms in total. The highest BCUT2D eigenvalue weighted by Crippen LogP contribution is 2.24. The molecule has 6 heteroatoms. The monoisotopic (exact) mass is 188 g/mol. The van der Waals surface area contributed by atoms with Crippen LogP contribution in [0.4, 0.5) is 4.39 Å². The van der Waals surface area contributed by atoms with Gasteiger partial charge in [-0.3, -0.25) is 0 Å². The van der Waals surface area contributed by atoms with E-state index in [1.54, 1.807) is 0 Å². The molecule has 10 heavy (non-hydrogen) atoms. The summed E-state index contributed by atoms with van der Waals surface area (Å²) in [7, 11) is 1.11. The molecule has 1 aliphatic heterocycles. The summed E-state index contributed by atoms with van der Waals surface area (Å²) in [6.07, 6.45) is -1.60. The van der Waals surface area contributed by atoms with Gasteiger partial charge in [0.15, 0.2) is 0 Å². The van der Waals surface area contributed by atoms with Crippen molar-refractivity contribution in [3.05, 3.63) is 0 Å². The number of rotatable bonds is 1. The van der Waals surface area contributed by atoms with Gasteiger partial charge >= 0.3 is 0 Å². The van der Waals surface area contributed by atoms with E-state index in [2.05, 4.69) is 4.74 Å². The maximum Gasteiger partial charge on any atom is 0.240 e. The van der Waals surface area contributed by atoms with Crippen LogP contribution in [0, 0.1) is 0 Å². The van der Waals surface area contributed by atoms with Crippen molar-refractivity contribution in [3.63, 3.8) is 0 Å². The predicted molar refractivity (Wildman–Crippen MR) is 34.0 cm³/mol. The van der Waals surface area contributed by atoms with Gasteiger partial charge in [-0.2, -0.15) is 0 Å². The second kappa shape index (κ2) is 2.64. The molecule has 0 aliphatic carbocycles. The molecule has 60 valence electrons. The summed E-state index contributed by atoms with van der Waals surface area (Å²) in [5.74, 6) is 0.